The Morgan fingerprint density at radius 3 is 2.59 bits per heavy atom. The van der Waals surface area contributed by atoms with E-state index in [0.29, 0.717) is 41.2 Å². The van der Waals surface area contributed by atoms with Crippen molar-refractivity contribution in [1.82, 2.24) is 14.5 Å². The first-order valence-corrected chi connectivity index (χ1v) is 9.99. The van der Waals surface area contributed by atoms with Crippen LogP contribution in [0.15, 0.2) is 45.3 Å². The SMILES string of the molecule is CCCn1c(=O)c2sccc2n(CC(=O)NCCc2ccc(Cl)cc2)c1=O. The molecule has 0 radical (unpaired) electrons. The summed E-state index contributed by atoms with van der Waals surface area (Å²) in [6.07, 6.45) is 1.33. The Morgan fingerprint density at radius 2 is 1.89 bits per heavy atom. The maximum absolute atomic E-state index is 12.7. The summed E-state index contributed by atoms with van der Waals surface area (Å²) in [5.41, 5.74) is 0.843. The summed E-state index contributed by atoms with van der Waals surface area (Å²) in [7, 11) is 0. The molecular weight excluding hydrogens is 386 g/mol. The van der Waals surface area contributed by atoms with Crippen molar-refractivity contribution in [3.8, 4) is 0 Å². The molecule has 0 aliphatic rings. The lowest BCUT2D eigenvalue weighted by Crippen LogP contribution is -2.42. The van der Waals surface area contributed by atoms with Crippen LogP contribution in [0.3, 0.4) is 0 Å². The van der Waals surface area contributed by atoms with Crippen molar-refractivity contribution in [3.63, 3.8) is 0 Å². The number of halogens is 1. The summed E-state index contributed by atoms with van der Waals surface area (Å²) in [5.74, 6) is -0.264. The minimum atomic E-state index is -0.444. The first-order chi connectivity index (χ1) is 13.0. The lowest BCUT2D eigenvalue weighted by molar-refractivity contribution is -0.121. The van der Waals surface area contributed by atoms with Gasteiger partial charge in [-0.15, -0.1) is 11.3 Å². The van der Waals surface area contributed by atoms with Gasteiger partial charge in [-0.25, -0.2) is 4.79 Å². The molecule has 0 atom stereocenters. The van der Waals surface area contributed by atoms with Crippen molar-refractivity contribution in [2.24, 2.45) is 0 Å². The zero-order chi connectivity index (χ0) is 19.4. The molecule has 0 unspecified atom stereocenters. The number of amides is 1. The van der Waals surface area contributed by atoms with E-state index >= 15 is 0 Å². The molecule has 2 heterocycles. The summed E-state index contributed by atoms with van der Waals surface area (Å²) >= 11 is 7.15. The summed E-state index contributed by atoms with van der Waals surface area (Å²) < 4.78 is 3.08. The number of benzene rings is 1. The number of thiophene rings is 1. The molecular formula is C19H20ClN3O3S. The molecule has 2 aromatic heterocycles. The van der Waals surface area contributed by atoms with Gasteiger partial charge in [0.05, 0.1) is 5.52 Å². The predicted molar refractivity (Wildman–Crippen MR) is 109 cm³/mol. The fourth-order valence-corrected chi connectivity index (χ4v) is 3.87. The highest BCUT2D eigenvalue weighted by atomic mass is 35.5. The van der Waals surface area contributed by atoms with Gasteiger partial charge in [0, 0.05) is 18.1 Å². The Labute approximate surface area is 165 Å². The lowest BCUT2D eigenvalue weighted by atomic mass is 10.1. The van der Waals surface area contributed by atoms with Crippen LogP contribution in [0.4, 0.5) is 0 Å². The van der Waals surface area contributed by atoms with Crippen molar-refractivity contribution in [2.45, 2.75) is 32.9 Å². The molecule has 8 heteroatoms. The Hall–Kier alpha value is -2.38. The first kappa shape index (κ1) is 19.4. The highest BCUT2D eigenvalue weighted by molar-refractivity contribution is 7.17. The fourth-order valence-electron chi connectivity index (χ4n) is 2.90. The van der Waals surface area contributed by atoms with Gasteiger partial charge in [0.2, 0.25) is 5.91 Å². The number of nitrogens with zero attached hydrogens (tertiary/aromatic N) is 2. The monoisotopic (exact) mass is 405 g/mol. The maximum Gasteiger partial charge on any atom is 0.332 e. The number of hydrogen-bond donors (Lipinski definition) is 1. The van der Waals surface area contributed by atoms with Crippen LogP contribution in [0, 0.1) is 0 Å². The van der Waals surface area contributed by atoms with Gasteiger partial charge in [0.1, 0.15) is 11.2 Å². The molecule has 3 aromatic rings. The molecule has 1 N–H and O–H groups in total. The van der Waals surface area contributed by atoms with Gasteiger partial charge in [-0.05, 0) is 42.0 Å². The van der Waals surface area contributed by atoms with Gasteiger partial charge in [0.25, 0.3) is 5.56 Å². The molecule has 0 saturated carbocycles. The van der Waals surface area contributed by atoms with Gasteiger partial charge < -0.3 is 5.32 Å². The van der Waals surface area contributed by atoms with Gasteiger partial charge >= 0.3 is 5.69 Å². The maximum atomic E-state index is 12.7. The van der Waals surface area contributed by atoms with Crippen molar-refractivity contribution < 1.29 is 4.79 Å². The van der Waals surface area contributed by atoms with Crippen LogP contribution in [0.5, 0.6) is 0 Å². The second-order valence-corrected chi connectivity index (χ2v) is 7.54. The molecule has 27 heavy (non-hydrogen) atoms. The van der Waals surface area contributed by atoms with Crippen molar-refractivity contribution in [2.75, 3.05) is 6.54 Å². The average Bonchev–Trinajstić information content (AvgIpc) is 3.14. The minimum absolute atomic E-state index is 0.114. The molecule has 3 rings (SSSR count). The molecule has 0 spiro atoms. The van der Waals surface area contributed by atoms with E-state index in [-0.39, 0.29) is 18.0 Å². The second kappa shape index (κ2) is 8.54. The van der Waals surface area contributed by atoms with E-state index in [1.165, 1.54) is 20.5 Å². The largest absolute Gasteiger partial charge is 0.354 e. The van der Waals surface area contributed by atoms with E-state index < -0.39 is 5.69 Å². The van der Waals surface area contributed by atoms with Crippen LogP contribution in [-0.4, -0.2) is 21.6 Å². The van der Waals surface area contributed by atoms with Crippen LogP contribution in [0.1, 0.15) is 18.9 Å². The van der Waals surface area contributed by atoms with E-state index in [4.69, 9.17) is 11.6 Å². The standard InChI is InChI=1S/C19H20ClN3O3S/c1-2-10-22-18(25)17-15(8-11-27-17)23(19(22)26)12-16(24)21-9-7-13-3-5-14(20)6-4-13/h3-6,8,11H,2,7,9-10,12H2,1H3,(H,21,24). The average molecular weight is 406 g/mol. The number of carbonyl (C=O) groups excluding carboxylic acids is 1. The van der Waals surface area contributed by atoms with E-state index in [1.807, 2.05) is 31.2 Å². The number of nitrogens with one attached hydrogen (secondary N) is 1. The highest BCUT2D eigenvalue weighted by Crippen LogP contribution is 2.15. The second-order valence-electron chi connectivity index (χ2n) is 6.19. The number of carbonyl (C=O) groups is 1. The number of fused-ring (bicyclic) bond motifs is 1. The topological polar surface area (TPSA) is 73.1 Å². The minimum Gasteiger partial charge on any atom is -0.354 e. The van der Waals surface area contributed by atoms with Gasteiger partial charge in [-0.2, -0.15) is 0 Å². The van der Waals surface area contributed by atoms with Crippen LogP contribution in [0.25, 0.3) is 10.2 Å². The normalized spacial score (nSPS) is 11.0. The Bertz CT molecular complexity index is 1070. The zero-order valence-electron chi connectivity index (χ0n) is 14.9. The number of rotatable bonds is 7. The van der Waals surface area contributed by atoms with Crippen LogP contribution in [0.2, 0.25) is 5.02 Å². The van der Waals surface area contributed by atoms with Crippen LogP contribution >= 0.6 is 22.9 Å². The Morgan fingerprint density at radius 1 is 1.15 bits per heavy atom. The van der Waals surface area contributed by atoms with Crippen LogP contribution in [-0.2, 0) is 24.3 Å². The summed E-state index contributed by atoms with van der Waals surface area (Å²) in [6, 6.07) is 9.15. The fraction of sp³-hybridized carbons (Fsp3) is 0.316. The van der Waals surface area contributed by atoms with E-state index in [2.05, 4.69) is 5.32 Å². The zero-order valence-corrected chi connectivity index (χ0v) is 16.5. The molecule has 0 aliphatic carbocycles. The van der Waals surface area contributed by atoms with E-state index in [0.717, 1.165) is 5.56 Å². The Kier molecular flexibility index (Phi) is 6.13. The van der Waals surface area contributed by atoms with Gasteiger partial charge in [-0.3, -0.25) is 18.7 Å². The van der Waals surface area contributed by atoms with Gasteiger partial charge in [-0.1, -0.05) is 30.7 Å². The van der Waals surface area contributed by atoms with Crippen molar-refractivity contribution in [1.29, 1.82) is 0 Å². The summed E-state index contributed by atoms with van der Waals surface area (Å²) in [6.45, 7) is 2.58. The molecule has 0 aliphatic heterocycles. The molecule has 1 aromatic carbocycles. The molecule has 6 nitrogen and oxygen atoms in total. The third-order valence-corrected chi connectivity index (χ3v) is 5.38. The van der Waals surface area contributed by atoms with Crippen molar-refractivity contribution in [3.05, 3.63) is 67.1 Å². The van der Waals surface area contributed by atoms with Crippen molar-refractivity contribution >= 4 is 39.1 Å². The molecule has 1 amide bonds. The van der Waals surface area contributed by atoms with E-state index in [1.54, 1.807) is 11.4 Å². The molecule has 0 fully saturated rings. The molecule has 142 valence electrons. The van der Waals surface area contributed by atoms with Crippen LogP contribution < -0.4 is 16.6 Å². The number of aromatic nitrogens is 2. The van der Waals surface area contributed by atoms with E-state index in [9.17, 15) is 14.4 Å². The highest BCUT2D eigenvalue weighted by Gasteiger charge is 2.15. The number of hydrogen-bond acceptors (Lipinski definition) is 4. The Balaban J connectivity index is 1.74. The van der Waals surface area contributed by atoms with Gasteiger partial charge in [0.15, 0.2) is 0 Å². The first-order valence-electron chi connectivity index (χ1n) is 8.73. The predicted octanol–water partition coefficient (Wildman–Crippen LogP) is 2.65. The summed E-state index contributed by atoms with van der Waals surface area (Å²) in [4.78, 5) is 37.5. The quantitative estimate of drug-likeness (QED) is 0.656. The molecule has 0 bridgehead atoms. The lowest BCUT2D eigenvalue weighted by Gasteiger charge is -2.12. The molecule has 0 saturated heterocycles. The third-order valence-electron chi connectivity index (χ3n) is 4.23. The summed E-state index contributed by atoms with van der Waals surface area (Å²) in [5, 5.41) is 5.26. The third kappa shape index (κ3) is 4.31. The smallest absolute Gasteiger partial charge is 0.332 e.